The first-order chi connectivity index (χ1) is 9.93. The molecule has 1 aromatic heterocycles. The molecule has 0 bridgehead atoms. The third kappa shape index (κ3) is 3.19. The maximum Gasteiger partial charge on any atom is 0.339 e. The van der Waals surface area contributed by atoms with E-state index in [4.69, 9.17) is 16.3 Å². The lowest BCUT2D eigenvalue weighted by atomic mass is 10.1. The Morgan fingerprint density at radius 2 is 2.19 bits per heavy atom. The molecule has 1 heterocycles. The summed E-state index contributed by atoms with van der Waals surface area (Å²) < 4.78 is 7.32. The van der Waals surface area contributed by atoms with E-state index in [0.717, 1.165) is 23.4 Å². The Hall–Kier alpha value is -2.01. The van der Waals surface area contributed by atoms with Gasteiger partial charge in [-0.25, -0.2) is 4.79 Å². The normalized spacial score (nSPS) is 10.7. The maximum absolute atomic E-state index is 11.2. The van der Waals surface area contributed by atoms with Crippen LogP contribution in [0, 0.1) is 6.92 Å². The molecule has 0 saturated heterocycles. The Labute approximate surface area is 128 Å². The second kappa shape index (κ2) is 6.18. The van der Waals surface area contributed by atoms with Crippen LogP contribution < -0.4 is 4.74 Å². The molecule has 0 amide bonds. The number of nitrogens with zero attached hydrogens (tertiary/aromatic N) is 2. The second-order valence-corrected chi connectivity index (χ2v) is 5.16. The van der Waals surface area contributed by atoms with E-state index in [-0.39, 0.29) is 12.2 Å². The van der Waals surface area contributed by atoms with Gasteiger partial charge < -0.3 is 9.84 Å². The van der Waals surface area contributed by atoms with Gasteiger partial charge in [-0.1, -0.05) is 24.6 Å². The Bertz CT molecular complexity index is 680. The van der Waals surface area contributed by atoms with E-state index in [1.165, 1.54) is 6.07 Å². The molecule has 1 N–H and O–H groups in total. The first-order valence-corrected chi connectivity index (χ1v) is 6.98. The standard InChI is InChI=1S/C15H17ClN2O3/c1-4-11-14(16)12(18(3)17-11)8-21-13-7-9(2)5-6-10(13)15(19)20/h5-7H,4,8H2,1-3H3,(H,19,20). The SMILES string of the molecule is CCc1nn(C)c(COc2cc(C)ccc2C(=O)O)c1Cl. The van der Waals surface area contributed by atoms with E-state index >= 15 is 0 Å². The van der Waals surface area contributed by atoms with Crippen LogP contribution in [0.5, 0.6) is 5.75 Å². The monoisotopic (exact) mass is 308 g/mol. The number of carboxylic acids is 1. The summed E-state index contributed by atoms with van der Waals surface area (Å²) in [5, 5.41) is 14.1. The molecule has 0 saturated carbocycles. The average molecular weight is 309 g/mol. The summed E-state index contributed by atoms with van der Waals surface area (Å²) in [6.45, 7) is 4.03. The van der Waals surface area contributed by atoms with Gasteiger partial charge >= 0.3 is 5.97 Å². The van der Waals surface area contributed by atoms with Crippen molar-refractivity contribution in [1.82, 2.24) is 9.78 Å². The van der Waals surface area contributed by atoms with E-state index < -0.39 is 5.97 Å². The van der Waals surface area contributed by atoms with E-state index in [1.54, 1.807) is 23.9 Å². The zero-order valence-electron chi connectivity index (χ0n) is 12.2. The summed E-state index contributed by atoms with van der Waals surface area (Å²) in [5.41, 5.74) is 2.60. The van der Waals surface area contributed by atoms with Gasteiger partial charge in [-0.3, -0.25) is 4.68 Å². The molecule has 0 aliphatic heterocycles. The largest absolute Gasteiger partial charge is 0.486 e. The molecule has 1 aromatic carbocycles. The molecule has 0 aliphatic rings. The van der Waals surface area contributed by atoms with Crippen molar-refractivity contribution in [3.05, 3.63) is 45.7 Å². The first-order valence-electron chi connectivity index (χ1n) is 6.61. The number of aromatic carboxylic acids is 1. The van der Waals surface area contributed by atoms with Gasteiger partial charge in [0.05, 0.1) is 16.4 Å². The van der Waals surface area contributed by atoms with Crippen molar-refractivity contribution in [1.29, 1.82) is 0 Å². The molecule has 2 aromatic rings. The smallest absolute Gasteiger partial charge is 0.339 e. The van der Waals surface area contributed by atoms with Gasteiger partial charge in [0.1, 0.15) is 17.9 Å². The zero-order chi connectivity index (χ0) is 15.6. The Kier molecular flexibility index (Phi) is 4.53. The number of hydrogen-bond acceptors (Lipinski definition) is 3. The van der Waals surface area contributed by atoms with Crippen LogP contribution in [0.4, 0.5) is 0 Å². The van der Waals surface area contributed by atoms with Crippen LogP contribution in [-0.4, -0.2) is 20.9 Å². The highest BCUT2D eigenvalue weighted by Crippen LogP contribution is 2.25. The fourth-order valence-electron chi connectivity index (χ4n) is 2.05. The summed E-state index contributed by atoms with van der Waals surface area (Å²) in [6.07, 6.45) is 0.734. The van der Waals surface area contributed by atoms with Crippen LogP contribution in [-0.2, 0) is 20.1 Å². The molecule has 112 valence electrons. The van der Waals surface area contributed by atoms with Gasteiger partial charge in [0.25, 0.3) is 0 Å². The molecule has 5 nitrogen and oxygen atoms in total. The number of hydrogen-bond donors (Lipinski definition) is 1. The lowest BCUT2D eigenvalue weighted by Gasteiger charge is -2.10. The molecule has 0 aliphatic carbocycles. The highest BCUT2D eigenvalue weighted by Gasteiger charge is 2.16. The van der Waals surface area contributed by atoms with E-state index in [1.807, 2.05) is 13.8 Å². The highest BCUT2D eigenvalue weighted by molar-refractivity contribution is 6.31. The molecule has 0 spiro atoms. The summed E-state index contributed by atoms with van der Waals surface area (Å²) in [7, 11) is 1.79. The average Bonchev–Trinajstić information content (AvgIpc) is 2.71. The number of rotatable bonds is 5. The minimum atomic E-state index is -1.02. The molecule has 0 fully saturated rings. The minimum Gasteiger partial charge on any atom is -0.486 e. The Morgan fingerprint density at radius 1 is 1.48 bits per heavy atom. The predicted octanol–water partition coefficient (Wildman–Crippen LogP) is 3.22. The van der Waals surface area contributed by atoms with Gasteiger partial charge in [0.2, 0.25) is 0 Å². The number of carbonyl (C=O) groups is 1. The van der Waals surface area contributed by atoms with Crippen molar-refractivity contribution in [2.24, 2.45) is 7.05 Å². The summed E-state index contributed by atoms with van der Waals surface area (Å²) in [4.78, 5) is 11.2. The van der Waals surface area contributed by atoms with Crippen molar-refractivity contribution in [3.63, 3.8) is 0 Å². The van der Waals surface area contributed by atoms with Crippen LogP contribution in [0.2, 0.25) is 5.02 Å². The molecular formula is C15H17ClN2O3. The van der Waals surface area contributed by atoms with Crippen molar-refractivity contribution in [2.45, 2.75) is 26.9 Å². The van der Waals surface area contributed by atoms with Crippen LogP contribution in [0.15, 0.2) is 18.2 Å². The molecule has 0 atom stereocenters. The van der Waals surface area contributed by atoms with Crippen LogP contribution in [0.3, 0.4) is 0 Å². The van der Waals surface area contributed by atoms with Crippen molar-refractivity contribution in [2.75, 3.05) is 0 Å². The third-order valence-electron chi connectivity index (χ3n) is 3.23. The number of halogens is 1. The predicted molar refractivity (Wildman–Crippen MR) is 80.1 cm³/mol. The first kappa shape index (κ1) is 15.4. The van der Waals surface area contributed by atoms with Gasteiger partial charge in [0.15, 0.2) is 0 Å². The Balaban J connectivity index is 2.26. The quantitative estimate of drug-likeness (QED) is 0.921. The molecular weight excluding hydrogens is 292 g/mol. The molecule has 21 heavy (non-hydrogen) atoms. The second-order valence-electron chi connectivity index (χ2n) is 4.78. The van der Waals surface area contributed by atoms with E-state index in [0.29, 0.717) is 10.8 Å². The fourth-order valence-corrected chi connectivity index (χ4v) is 2.40. The molecule has 2 rings (SSSR count). The lowest BCUT2D eigenvalue weighted by molar-refractivity contribution is 0.0691. The summed E-state index contributed by atoms with van der Waals surface area (Å²) in [5.74, 6) is -0.687. The van der Waals surface area contributed by atoms with Crippen LogP contribution >= 0.6 is 11.6 Å². The van der Waals surface area contributed by atoms with Crippen LogP contribution in [0.1, 0.15) is 34.2 Å². The Morgan fingerprint density at radius 3 is 2.76 bits per heavy atom. The number of ether oxygens (including phenoxy) is 1. The zero-order valence-corrected chi connectivity index (χ0v) is 12.9. The number of carboxylic acid groups (broad SMARTS) is 1. The van der Waals surface area contributed by atoms with Gasteiger partial charge in [-0.2, -0.15) is 5.10 Å². The van der Waals surface area contributed by atoms with Gasteiger partial charge in [-0.15, -0.1) is 0 Å². The van der Waals surface area contributed by atoms with E-state index in [9.17, 15) is 9.90 Å². The molecule has 6 heteroatoms. The third-order valence-corrected chi connectivity index (χ3v) is 3.67. The lowest BCUT2D eigenvalue weighted by Crippen LogP contribution is -2.07. The molecule has 0 unspecified atom stereocenters. The van der Waals surface area contributed by atoms with E-state index in [2.05, 4.69) is 5.10 Å². The van der Waals surface area contributed by atoms with Crippen molar-refractivity contribution in [3.8, 4) is 5.75 Å². The van der Waals surface area contributed by atoms with Crippen molar-refractivity contribution < 1.29 is 14.6 Å². The topological polar surface area (TPSA) is 64.4 Å². The summed E-state index contributed by atoms with van der Waals surface area (Å²) >= 11 is 6.25. The number of aromatic nitrogens is 2. The maximum atomic E-state index is 11.2. The van der Waals surface area contributed by atoms with Gasteiger partial charge in [-0.05, 0) is 31.0 Å². The molecule has 0 radical (unpaired) electrons. The van der Waals surface area contributed by atoms with Crippen LogP contribution in [0.25, 0.3) is 0 Å². The number of benzene rings is 1. The highest BCUT2D eigenvalue weighted by atomic mass is 35.5. The van der Waals surface area contributed by atoms with Crippen molar-refractivity contribution >= 4 is 17.6 Å². The van der Waals surface area contributed by atoms with Gasteiger partial charge in [0, 0.05) is 7.05 Å². The minimum absolute atomic E-state index is 0.134. The summed E-state index contributed by atoms with van der Waals surface area (Å²) in [6, 6.07) is 4.98. The number of aryl methyl sites for hydroxylation is 3. The fraction of sp³-hybridized carbons (Fsp3) is 0.333.